The number of halogens is 1. The molecule has 0 aliphatic carbocycles. The van der Waals surface area contributed by atoms with Crippen molar-refractivity contribution < 1.29 is 17.6 Å². The topological polar surface area (TPSA) is 83.7 Å². The van der Waals surface area contributed by atoms with Crippen LogP contribution >= 0.6 is 22.9 Å². The number of carbonyl (C=O) groups is 1. The molecule has 0 spiro atoms. The molecule has 0 unspecified atom stereocenters. The highest BCUT2D eigenvalue weighted by Crippen LogP contribution is 2.26. The lowest BCUT2D eigenvalue weighted by atomic mass is 10.2. The van der Waals surface area contributed by atoms with Crippen LogP contribution in [0.25, 0.3) is 10.8 Å². The normalized spacial score (nSPS) is 15.5. The Bertz CT molecular complexity index is 1150. The fraction of sp³-hybridized carbons (Fsp3) is 0.300. The van der Waals surface area contributed by atoms with Crippen LogP contribution in [0.1, 0.15) is 11.5 Å². The Morgan fingerprint density at radius 3 is 2.63 bits per heavy atom. The third-order valence-electron chi connectivity index (χ3n) is 4.97. The monoisotopic (exact) mass is 465 g/mol. The number of nitrogens with zero attached hydrogens (tertiary/aromatic N) is 3. The van der Waals surface area contributed by atoms with Gasteiger partial charge in [-0.3, -0.25) is 4.79 Å². The zero-order chi connectivity index (χ0) is 21.3. The molecule has 0 N–H and O–H groups in total. The van der Waals surface area contributed by atoms with Crippen LogP contribution in [0.3, 0.4) is 0 Å². The number of hydrogen-bond acceptors (Lipinski definition) is 6. The SMILES string of the molecule is Cc1oc(-c2cccs2)nc1CC(=O)N1CCN(S(=O)(=O)c2cccc(Cl)c2)CC1. The number of thiophene rings is 1. The maximum Gasteiger partial charge on any atom is 0.243 e. The van der Waals surface area contributed by atoms with Gasteiger partial charge in [0.1, 0.15) is 5.76 Å². The summed E-state index contributed by atoms with van der Waals surface area (Å²) in [6.07, 6.45) is 0.127. The van der Waals surface area contributed by atoms with Crippen LogP contribution in [0.2, 0.25) is 5.02 Å². The Morgan fingerprint density at radius 2 is 1.97 bits per heavy atom. The Kier molecular flexibility index (Phi) is 5.97. The second-order valence-electron chi connectivity index (χ2n) is 6.92. The van der Waals surface area contributed by atoms with Gasteiger partial charge in [-0.05, 0) is 36.6 Å². The molecular weight excluding hydrogens is 446 g/mol. The summed E-state index contributed by atoms with van der Waals surface area (Å²) >= 11 is 7.45. The number of aromatic nitrogens is 1. The van der Waals surface area contributed by atoms with Crippen molar-refractivity contribution in [3.63, 3.8) is 0 Å². The van der Waals surface area contributed by atoms with Crippen LogP contribution in [0.4, 0.5) is 0 Å². The lowest BCUT2D eigenvalue weighted by Gasteiger charge is -2.34. The summed E-state index contributed by atoms with van der Waals surface area (Å²) < 4.78 is 32.7. The van der Waals surface area contributed by atoms with E-state index in [9.17, 15) is 13.2 Å². The highest BCUT2D eigenvalue weighted by Gasteiger charge is 2.30. The summed E-state index contributed by atoms with van der Waals surface area (Å²) in [6, 6.07) is 10.0. The highest BCUT2D eigenvalue weighted by molar-refractivity contribution is 7.89. The van der Waals surface area contributed by atoms with Crippen LogP contribution in [-0.2, 0) is 21.2 Å². The van der Waals surface area contributed by atoms with Gasteiger partial charge < -0.3 is 9.32 Å². The molecule has 3 aromatic rings. The van der Waals surface area contributed by atoms with Gasteiger partial charge in [0.05, 0.1) is 21.9 Å². The number of oxazole rings is 1. The highest BCUT2D eigenvalue weighted by atomic mass is 35.5. The predicted octanol–water partition coefficient (Wildman–Crippen LogP) is 3.44. The Hall–Kier alpha value is -2.20. The van der Waals surface area contributed by atoms with Crippen LogP contribution < -0.4 is 0 Å². The lowest BCUT2D eigenvalue weighted by molar-refractivity contribution is -0.131. The molecule has 0 saturated carbocycles. The van der Waals surface area contributed by atoms with E-state index in [1.165, 1.54) is 27.8 Å². The van der Waals surface area contributed by atoms with Crippen LogP contribution in [0, 0.1) is 6.92 Å². The Morgan fingerprint density at radius 1 is 1.20 bits per heavy atom. The van der Waals surface area contributed by atoms with Gasteiger partial charge in [-0.25, -0.2) is 13.4 Å². The zero-order valence-corrected chi connectivity index (χ0v) is 18.6. The Balaban J connectivity index is 1.39. The second kappa shape index (κ2) is 8.50. The number of amides is 1. The number of aryl methyl sites for hydroxylation is 1. The molecule has 0 bridgehead atoms. The van der Waals surface area contributed by atoms with E-state index in [0.717, 1.165) is 4.88 Å². The molecule has 7 nitrogen and oxygen atoms in total. The molecule has 4 rings (SSSR count). The third kappa shape index (κ3) is 4.29. The van der Waals surface area contributed by atoms with E-state index in [2.05, 4.69) is 4.98 Å². The van der Waals surface area contributed by atoms with Crippen molar-refractivity contribution in [2.24, 2.45) is 0 Å². The van der Waals surface area contributed by atoms with Gasteiger partial charge in [-0.1, -0.05) is 23.7 Å². The number of rotatable bonds is 5. The molecule has 2 aromatic heterocycles. The average molecular weight is 466 g/mol. The summed E-state index contributed by atoms with van der Waals surface area (Å²) in [5.74, 6) is 1.04. The molecule has 1 aliphatic heterocycles. The van der Waals surface area contributed by atoms with Gasteiger partial charge in [0.15, 0.2) is 0 Å². The van der Waals surface area contributed by atoms with E-state index in [1.54, 1.807) is 24.0 Å². The van der Waals surface area contributed by atoms with Gasteiger partial charge in [0, 0.05) is 31.2 Å². The molecule has 158 valence electrons. The number of piperazine rings is 1. The first-order valence-electron chi connectivity index (χ1n) is 9.38. The molecular formula is C20H20ClN3O4S2. The van der Waals surface area contributed by atoms with Crippen molar-refractivity contribution in [1.82, 2.24) is 14.2 Å². The summed E-state index contributed by atoms with van der Waals surface area (Å²) in [5.41, 5.74) is 0.609. The van der Waals surface area contributed by atoms with Crippen LogP contribution in [0.15, 0.2) is 51.1 Å². The molecule has 0 radical (unpaired) electrons. The number of hydrogen-bond donors (Lipinski definition) is 0. The van der Waals surface area contributed by atoms with E-state index in [1.807, 2.05) is 17.5 Å². The predicted molar refractivity (Wildman–Crippen MR) is 115 cm³/mol. The molecule has 1 saturated heterocycles. The molecule has 1 aliphatic rings. The molecule has 1 amide bonds. The van der Waals surface area contributed by atoms with E-state index in [4.69, 9.17) is 16.0 Å². The van der Waals surface area contributed by atoms with Crippen molar-refractivity contribution in [2.45, 2.75) is 18.2 Å². The first-order valence-corrected chi connectivity index (χ1v) is 12.1. The maximum atomic E-state index is 12.8. The van der Waals surface area contributed by atoms with Crippen molar-refractivity contribution in [3.8, 4) is 10.8 Å². The summed E-state index contributed by atoms with van der Waals surface area (Å²) in [5, 5.41) is 2.31. The molecule has 0 atom stereocenters. The number of sulfonamides is 1. The van der Waals surface area contributed by atoms with Crippen LogP contribution in [-0.4, -0.2) is 54.7 Å². The molecule has 1 aromatic carbocycles. The van der Waals surface area contributed by atoms with Gasteiger partial charge in [-0.2, -0.15) is 4.31 Å². The summed E-state index contributed by atoms with van der Waals surface area (Å²) in [6.45, 7) is 2.92. The minimum absolute atomic E-state index is 0.0936. The van der Waals surface area contributed by atoms with E-state index < -0.39 is 10.0 Å². The molecule has 30 heavy (non-hydrogen) atoms. The fourth-order valence-corrected chi connectivity index (χ4v) is 5.68. The van der Waals surface area contributed by atoms with Crippen molar-refractivity contribution in [2.75, 3.05) is 26.2 Å². The fourth-order valence-electron chi connectivity index (χ4n) is 3.31. The smallest absolute Gasteiger partial charge is 0.243 e. The van der Waals surface area contributed by atoms with Crippen molar-refractivity contribution in [3.05, 3.63) is 58.3 Å². The summed E-state index contributed by atoms with van der Waals surface area (Å²) in [4.78, 5) is 20.0. The van der Waals surface area contributed by atoms with Crippen molar-refractivity contribution in [1.29, 1.82) is 0 Å². The number of benzene rings is 1. The Labute approximate surface area is 183 Å². The lowest BCUT2D eigenvalue weighted by Crippen LogP contribution is -2.50. The molecule has 1 fully saturated rings. The van der Waals surface area contributed by atoms with Crippen LogP contribution in [0.5, 0.6) is 0 Å². The van der Waals surface area contributed by atoms with E-state index in [-0.39, 0.29) is 30.3 Å². The quantitative estimate of drug-likeness (QED) is 0.576. The van der Waals surface area contributed by atoms with Gasteiger partial charge in [0.25, 0.3) is 0 Å². The van der Waals surface area contributed by atoms with E-state index >= 15 is 0 Å². The minimum Gasteiger partial charge on any atom is -0.440 e. The zero-order valence-electron chi connectivity index (χ0n) is 16.2. The van der Waals surface area contributed by atoms with Gasteiger partial charge in [0.2, 0.25) is 21.8 Å². The maximum absolute atomic E-state index is 12.8. The number of carbonyl (C=O) groups excluding carboxylic acids is 1. The second-order valence-corrected chi connectivity index (χ2v) is 10.2. The first kappa shape index (κ1) is 21.0. The largest absolute Gasteiger partial charge is 0.440 e. The van der Waals surface area contributed by atoms with Crippen molar-refractivity contribution >= 4 is 38.9 Å². The molecule has 3 heterocycles. The molecule has 10 heteroatoms. The van der Waals surface area contributed by atoms with E-state index in [0.29, 0.717) is 35.5 Å². The van der Waals surface area contributed by atoms with Gasteiger partial charge >= 0.3 is 0 Å². The summed E-state index contributed by atoms with van der Waals surface area (Å²) in [7, 11) is -3.64. The average Bonchev–Trinajstić information content (AvgIpc) is 3.38. The third-order valence-corrected chi connectivity index (χ3v) is 7.96. The first-order chi connectivity index (χ1) is 14.3. The van der Waals surface area contributed by atoms with Gasteiger partial charge in [-0.15, -0.1) is 11.3 Å². The minimum atomic E-state index is -3.64. The standard InChI is InChI=1S/C20H20ClN3O4S2/c1-14-17(22-20(28-14)18-6-3-11-29-18)13-19(25)23-7-9-24(10-8-23)30(26,27)16-5-2-4-15(21)12-16/h2-6,11-12H,7-10,13H2,1H3.